The predicted octanol–water partition coefficient (Wildman–Crippen LogP) is 0.0761. The number of aliphatic hydroxyl groups is 1. The molecule has 0 atom stereocenters. The summed E-state index contributed by atoms with van der Waals surface area (Å²) >= 11 is 0. The van der Waals surface area contributed by atoms with Gasteiger partial charge < -0.3 is 16.2 Å². The average Bonchev–Trinajstić information content (AvgIpc) is 2.19. The zero-order valence-corrected chi connectivity index (χ0v) is 7.16. The molecule has 0 fully saturated rings. The van der Waals surface area contributed by atoms with E-state index in [0.29, 0.717) is 12.2 Å². The van der Waals surface area contributed by atoms with Gasteiger partial charge in [0.1, 0.15) is 6.61 Å². The van der Waals surface area contributed by atoms with Crippen LogP contribution in [0.4, 0.5) is 5.69 Å². The average molecular weight is 180 g/mol. The first-order valence-corrected chi connectivity index (χ1v) is 3.96. The van der Waals surface area contributed by atoms with Crippen LogP contribution in [0.3, 0.4) is 0 Å². The van der Waals surface area contributed by atoms with Crippen LogP contribution in [-0.2, 0) is 11.3 Å². The van der Waals surface area contributed by atoms with Crippen LogP contribution in [0.15, 0.2) is 24.3 Å². The molecule has 4 nitrogen and oxygen atoms in total. The summed E-state index contributed by atoms with van der Waals surface area (Å²) in [5.41, 5.74) is 7.07. The number of hydrogen-bond donors (Lipinski definition) is 3. The summed E-state index contributed by atoms with van der Waals surface area (Å²) in [7, 11) is 0. The first-order valence-electron chi connectivity index (χ1n) is 3.96. The summed E-state index contributed by atoms with van der Waals surface area (Å²) in [6.07, 6.45) is 0. The van der Waals surface area contributed by atoms with Gasteiger partial charge in [-0.3, -0.25) is 4.79 Å². The Balaban J connectivity index is 2.64. The van der Waals surface area contributed by atoms with Crippen molar-refractivity contribution < 1.29 is 9.90 Å². The standard InChI is InChI=1S/C9H12N2O2/c10-5-7-1-3-8(4-2-7)11-9(13)6-12/h1-4,12H,5-6,10H2,(H,11,13). The monoisotopic (exact) mass is 180 g/mol. The minimum Gasteiger partial charge on any atom is -0.387 e. The highest BCUT2D eigenvalue weighted by molar-refractivity contribution is 5.91. The van der Waals surface area contributed by atoms with E-state index in [4.69, 9.17) is 10.8 Å². The first kappa shape index (κ1) is 9.70. The zero-order valence-electron chi connectivity index (χ0n) is 7.16. The van der Waals surface area contributed by atoms with Crippen LogP contribution in [0.5, 0.6) is 0 Å². The molecule has 0 bridgehead atoms. The molecule has 0 aliphatic carbocycles. The molecule has 0 radical (unpaired) electrons. The summed E-state index contributed by atoms with van der Waals surface area (Å²) < 4.78 is 0. The molecule has 0 saturated carbocycles. The molecule has 1 aromatic rings. The number of carbonyl (C=O) groups is 1. The van der Waals surface area contributed by atoms with E-state index < -0.39 is 12.5 Å². The fourth-order valence-corrected chi connectivity index (χ4v) is 0.925. The van der Waals surface area contributed by atoms with Gasteiger partial charge in [0, 0.05) is 12.2 Å². The van der Waals surface area contributed by atoms with Crippen molar-refractivity contribution in [3.05, 3.63) is 29.8 Å². The quantitative estimate of drug-likeness (QED) is 0.616. The van der Waals surface area contributed by atoms with Crippen molar-refractivity contribution in [1.82, 2.24) is 0 Å². The summed E-state index contributed by atoms with van der Waals surface area (Å²) in [4.78, 5) is 10.7. The third-order valence-electron chi connectivity index (χ3n) is 1.62. The lowest BCUT2D eigenvalue weighted by molar-refractivity contribution is -0.118. The number of hydrogen-bond acceptors (Lipinski definition) is 3. The lowest BCUT2D eigenvalue weighted by Gasteiger charge is -2.03. The van der Waals surface area contributed by atoms with Gasteiger partial charge in [-0.2, -0.15) is 0 Å². The van der Waals surface area contributed by atoms with Gasteiger partial charge in [0.15, 0.2) is 0 Å². The number of nitrogens with one attached hydrogen (secondary N) is 1. The molecule has 0 spiro atoms. The van der Waals surface area contributed by atoms with Crippen LogP contribution in [0, 0.1) is 0 Å². The number of carbonyl (C=O) groups excluding carboxylic acids is 1. The molecular formula is C9H12N2O2. The molecule has 0 saturated heterocycles. The number of rotatable bonds is 3. The van der Waals surface area contributed by atoms with Crippen molar-refractivity contribution in [2.24, 2.45) is 5.73 Å². The molecule has 0 unspecified atom stereocenters. The van der Waals surface area contributed by atoms with Gasteiger partial charge in [0.25, 0.3) is 0 Å². The lowest BCUT2D eigenvalue weighted by atomic mass is 10.2. The Morgan fingerprint density at radius 3 is 2.46 bits per heavy atom. The van der Waals surface area contributed by atoms with Crippen LogP contribution in [0.25, 0.3) is 0 Å². The maximum absolute atomic E-state index is 10.7. The molecule has 4 N–H and O–H groups in total. The summed E-state index contributed by atoms with van der Waals surface area (Å²) in [5, 5.41) is 11.0. The highest BCUT2D eigenvalue weighted by Gasteiger charge is 1.98. The van der Waals surface area contributed by atoms with E-state index in [-0.39, 0.29) is 0 Å². The molecule has 0 aliphatic rings. The Morgan fingerprint density at radius 2 is 2.00 bits per heavy atom. The van der Waals surface area contributed by atoms with E-state index in [1.54, 1.807) is 12.1 Å². The predicted molar refractivity (Wildman–Crippen MR) is 50.0 cm³/mol. The van der Waals surface area contributed by atoms with Crippen molar-refractivity contribution in [3.8, 4) is 0 Å². The van der Waals surface area contributed by atoms with E-state index in [2.05, 4.69) is 5.32 Å². The number of nitrogens with two attached hydrogens (primary N) is 1. The van der Waals surface area contributed by atoms with Crippen LogP contribution >= 0.6 is 0 Å². The highest BCUT2D eigenvalue weighted by Crippen LogP contribution is 2.08. The summed E-state index contributed by atoms with van der Waals surface area (Å²) in [6.45, 7) is -0.0210. The van der Waals surface area contributed by atoms with Gasteiger partial charge in [-0.1, -0.05) is 12.1 Å². The van der Waals surface area contributed by atoms with Gasteiger partial charge in [0.2, 0.25) is 5.91 Å². The third kappa shape index (κ3) is 2.85. The minimum atomic E-state index is -0.501. The molecule has 70 valence electrons. The lowest BCUT2D eigenvalue weighted by Crippen LogP contribution is -2.15. The highest BCUT2D eigenvalue weighted by atomic mass is 16.3. The molecule has 0 aliphatic heterocycles. The van der Waals surface area contributed by atoms with Crippen LogP contribution in [-0.4, -0.2) is 17.6 Å². The number of amides is 1. The number of anilines is 1. The zero-order chi connectivity index (χ0) is 9.68. The fraction of sp³-hybridized carbons (Fsp3) is 0.222. The topological polar surface area (TPSA) is 75.3 Å². The van der Waals surface area contributed by atoms with Gasteiger partial charge in [-0.15, -0.1) is 0 Å². The molecule has 1 rings (SSSR count). The molecule has 0 aromatic heterocycles. The fourth-order valence-electron chi connectivity index (χ4n) is 0.925. The van der Waals surface area contributed by atoms with Crippen molar-refractivity contribution in [2.75, 3.05) is 11.9 Å². The Hall–Kier alpha value is -1.39. The Morgan fingerprint density at radius 1 is 1.38 bits per heavy atom. The van der Waals surface area contributed by atoms with E-state index in [1.807, 2.05) is 12.1 Å². The Kier molecular flexibility index (Phi) is 3.42. The molecule has 1 amide bonds. The van der Waals surface area contributed by atoms with E-state index in [9.17, 15) is 4.79 Å². The first-order chi connectivity index (χ1) is 6.26. The molecule has 13 heavy (non-hydrogen) atoms. The van der Waals surface area contributed by atoms with Crippen molar-refractivity contribution in [1.29, 1.82) is 0 Å². The number of aliphatic hydroxyl groups excluding tert-OH is 1. The largest absolute Gasteiger partial charge is 0.387 e. The summed E-state index contributed by atoms with van der Waals surface area (Å²) in [5.74, 6) is -0.416. The normalized spacial score (nSPS) is 9.69. The van der Waals surface area contributed by atoms with Crippen molar-refractivity contribution in [2.45, 2.75) is 6.54 Å². The second-order valence-electron chi connectivity index (χ2n) is 2.61. The molecule has 1 aromatic carbocycles. The van der Waals surface area contributed by atoms with E-state index in [1.165, 1.54) is 0 Å². The SMILES string of the molecule is NCc1ccc(NC(=O)CO)cc1. The van der Waals surface area contributed by atoms with Crippen LogP contribution < -0.4 is 11.1 Å². The smallest absolute Gasteiger partial charge is 0.250 e. The van der Waals surface area contributed by atoms with Gasteiger partial charge >= 0.3 is 0 Å². The third-order valence-corrected chi connectivity index (χ3v) is 1.62. The molecule has 4 heteroatoms. The van der Waals surface area contributed by atoms with Crippen LogP contribution in [0.1, 0.15) is 5.56 Å². The molecule has 0 heterocycles. The van der Waals surface area contributed by atoms with Gasteiger partial charge in [0.05, 0.1) is 0 Å². The van der Waals surface area contributed by atoms with Gasteiger partial charge in [-0.05, 0) is 17.7 Å². The van der Waals surface area contributed by atoms with Crippen molar-refractivity contribution >= 4 is 11.6 Å². The summed E-state index contributed by atoms with van der Waals surface area (Å²) in [6, 6.07) is 7.14. The van der Waals surface area contributed by atoms with E-state index in [0.717, 1.165) is 5.56 Å². The van der Waals surface area contributed by atoms with Crippen LogP contribution in [0.2, 0.25) is 0 Å². The molecular weight excluding hydrogens is 168 g/mol. The Labute approximate surface area is 76.4 Å². The maximum Gasteiger partial charge on any atom is 0.250 e. The second kappa shape index (κ2) is 4.59. The number of benzene rings is 1. The maximum atomic E-state index is 10.7. The van der Waals surface area contributed by atoms with E-state index >= 15 is 0 Å². The second-order valence-corrected chi connectivity index (χ2v) is 2.61. The Bertz CT molecular complexity index is 282. The van der Waals surface area contributed by atoms with Gasteiger partial charge in [-0.25, -0.2) is 0 Å². The van der Waals surface area contributed by atoms with Crippen molar-refractivity contribution in [3.63, 3.8) is 0 Å². The minimum absolute atomic E-state index is 0.416.